The van der Waals surface area contributed by atoms with Crippen LogP contribution in [0.4, 0.5) is 5.69 Å². The third kappa shape index (κ3) is 3.98. The maximum Gasteiger partial charge on any atom is 0.238 e. The molecule has 1 aromatic rings. The van der Waals surface area contributed by atoms with E-state index < -0.39 is 21.4 Å². The highest BCUT2D eigenvalue weighted by molar-refractivity contribution is 7.93. The molecule has 118 valence electrons. The third-order valence-electron chi connectivity index (χ3n) is 4.08. The van der Waals surface area contributed by atoms with Crippen molar-refractivity contribution < 1.29 is 13.5 Å². The fourth-order valence-corrected chi connectivity index (χ4v) is 4.36. The summed E-state index contributed by atoms with van der Waals surface area (Å²) in [4.78, 5) is 0. The van der Waals surface area contributed by atoms with Crippen LogP contribution in [0.2, 0.25) is 0 Å². The van der Waals surface area contributed by atoms with Crippen LogP contribution in [0.25, 0.3) is 0 Å². The fourth-order valence-electron chi connectivity index (χ4n) is 2.72. The number of anilines is 1. The molecule has 1 fully saturated rings. The van der Waals surface area contributed by atoms with E-state index in [9.17, 15) is 13.5 Å². The predicted molar refractivity (Wildman–Crippen MR) is 85.9 cm³/mol. The van der Waals surface area contributed by atoms with Crippen LogP contribution >= 0.6 is 0 Å². The van der Waals surface area contributed by atoms with Gasteiger partial charge in [0.25, 0.3) is 0 Å². The lowest BCUT2D eigenvalue weighted by molar-refractivity contribution is 0.133. The topological polar surface area (TPSA) is 66.4 Å². The van der Waals surface area contributed by atoms with E-state index in [4.69, 9.17) is 0 Å². The van der Waals surface area contributed by atoms with Crippen LogP contribution in [-0.4, -0.2) is 24.9 Å². The first-order chi connectivity index (χ1) is 9.70. The molecule has 0 radical (unpaired) electrons. The molecule has 1 aliphatic rings. The Morgan fingerprint density at radius 3 is 2.19 bits per heavy atom. The number of rotatable bonds is 3. The molecule has 1 saturated carbocycles. The summed E-state index contributed by atoms with van der Waals surface area (Å²) in [5.41, 5.74) is 1.75. The molecule has 4 nitrogen and oxygen atoms in total. The van der Waals surface area contributed by atoms with Gasteiger partial charge in [-0.05, 0) is 36.0 Å². The van der Waals surface area contributed by atoms with Gasteiger partial charge in [0.05, 0.1) is 6.10 Å². The highest BCUT2D eigenvalue weighted by Crippen LogP contribution is 2.27. The Labute approximate surface area is 127 Å². The second-order valence-electron chi connectivity index (χ2n) is 6.86. The Morgan fingerprint density at radius 2 is 1.67 bits per heavy atom. The standard InChI is InChI=1S/C16H25NO3S/c1-16(2,3)12-8-10-13(11-9-12)17-21(19,20)15-7-5-4-6-14(15)18/h8-11,14-15,17-18H,4-7H2,1-3H3. The zero-order valence-electron chi connectivity index (χ0n) is 13.0. The molecule has 5 heteroatoms. The van der Waals surface area contributed by atoms with Gasteiger partial charge in [-0.3, -0.25) is 4.72 Å². The third-order valence-corrected chi connectivity index (χ3v) is 5.94. The van der Waals surface area contributed by atoms with Crippen molar-refractivity contribution in [2.45, 2.75) is 63.2 Å². The molecule has 2 unspecified atom stereocenters. The Morgan fingerprint density at radius 1 is 1.10 bits per heavy atom. The number of hydrogen-bond acceptors (Lipinski definition) is 3. The minimum atomic E-state index is -3.53. The molecular weight excluding hydrogens is 286 g/mol. The number of nitrogens with one attached hydrogen (secondary N) is 1. The van der Waals surface area contributed by atoms with E-state index in [0.29, 0.717) is 18.5 Å². The van der Waals surface area contributed by atoms with Crippen LogP contribution in [-0.2, 0) is 15.4 Å². The molecule has 0 heterocycles. The van der Waals surface area contributed by atoms with Crippen molar-refractivity contribution >= 4 is 15.7 Å². The highest BCUT2D eigenvalue weighted by atomic mass is 32.2. The molecule has 2 N–H and O–H groups in total. The average molecular weight is 311 g/mol. The first-order valence-corrected chi connectivity index (χ1v) is 9.05. The summed E-state index contributed by atoms with van der Waals surface area (Å²) >= 11 is 0. The minimum Gasteiger partial charge on any atom is -0.392 e. The zero-order chi connectivity index (χ0) is 15.7. The van der Waals surface area contributed by atoms with E-state index in [1.165, 1.54) is 0 Å². The maximum absolute atomic E-state index is 12.4. The van der Waals surface area contributed by atoms with Crippen LogP contribution in [0.5, 0.6) is 0 Å². The highest BCUT2D eigenvalue weighted by Gasteiger charge is 2.34. The number of aliphatic hydroxyl groups excluding tert-OH is 1. The SMILES string of the molecule is CC(C)(C)c1ccc(NS(=O)(=O)C2CCCCC2O)cc1. The van der Waals surface area contributed by atoms with Crippen molar-refractivity contribution in [3.63, 3.8) is 0 Å². The average Bonchev–Trinajstić information content (AvgIpc) is 2.38. The van der Waals surface area contributed by atoms with Gasteiger partial charge in [0.15, 0.2) is 0 Å². The van der Waals surface area contributed by atoms with E-state index in [2.05, 4.69) is 25.5 Å². The van der Waals surface area contributed by atoms with Crippen LogP contribution < -0.4 is 4.72 Å². The van der Waals surface area contributed by atoms with Gasteiger partial charge in [-0.15, -0.1) is 0 Å². The van der Waals surface area contributed by atoms with Gasteiger partial charge in [-0.25, -0.2) is 8.42 Å². The summed E-state index contributed by atoms with van der Waals surface area (Å²) in [5, 5.41) is 9.21. The van der Waals surface area contributed by atoms with Gasteiger partial charge >= 0.3 is 0 Å². The van der Waals surface area contributed by atoms with Crippen LogP contribution in [0.1, 0.15) is 52.0 Å². The van der Waals surface area contributed by atoms with E-state index in [1.54, 1.807) is 12.1 Å². The molecule has 0 aliphatic heterocycles. The summed E-state index contributed by atoms with van der Waals surface area (Å²) < 4.78 is 27.4. The Kier molecular flexibility index (Phi) is 4.63. The molecule has 1 aliphatic carbocycles. The fraction of sp³-hybridized carbons (Fsp3) is 0.625. The predicted octanol–water partition coefficient (Wildman–Crippen LogP) is 3.03. The zero-order valence-corrected chi connectivity index (χ0v) is 13.8. The lowest BCUT2D eigenvalue weighted by atomic mass is 9.87. The monoisotopic (exact) mass is 311 g/mol. The molecule has 0 saturated heterocycles. The first-order valence-electron chi connectivity index (χ1n) is 7.50. The van der Waals surface area contributed by atoms with Gasteiger partial charge in [-0.2, -0.15) is 0 Å². The lowest BCUT2D eigenvalue weighted by Crippen LogP contribution is -2.40. The van der Waals surface area contributed by atoms with Crippen molar-refractivity contribution in [3.05, 3.63) is 29.8 Å². The molecule has 0 spiro atoms. The van der Waals surface area contributed by atoms with E-state index >= 15 is 0 Å². The van der Waals surface area contributed by atoms with Gasteiger partial charge in [0.1, 0.15) is 5.25 Å². The minimum absolute atomic E-state index is 0.0387. The number of benzene rings is 1. The second kappa shape index (κ2) is 5.97. The molecule has 2 atom stereocenters. The van der Waals surface area contributed by atoms with Crippen molar-refractivity contribution in [2.75, 3.05) is 4.72 Å². The molecule has 0 aromatic heterocycles. The summed E-state index contributed by atoms with van der Waals surface area (Å²) in [6.07, 6.45) is 2.08. The largest absolute Gasteiger partial charge is 0.392 e. The second-order valence-corrected chi connectivity index (χ2v) is 8.76. The molecular formula is C16H25NO3S. The van der Waals surface area contributed by atoms with Crippen molar-refractivity contribution in [1.29, 1.82) is 0 Å². The summed E-state index contributed by atoms with van der Waals surface area (Å²) in [6, 6.07) is 7.45. The molecule has 2 rings (SSSR count). The van der Waals surface area contributed by atoms with Crippen LogP contribution in [0.15, 0.2) is 24.3 Å². The van der Waals surface area contributed by atoms with Crippen molar-refractivity contribution in [3.8, 4) is 0 Å². The number of aliphatic hydroxyl groups is 1. The van der Waals surface area contributed by atoms with Gasteiger partial charge < -0.3 is 5.11 Å². The molecule has 21 heavy (non-hydrogen) atoms. The van der Waals surface area contributed by atoms with E-state index in [0.717, 1.165) is 18.4 Å². The summed E-state index contributed by atoms with van der Waals surface area (Å²) in [7, 11) is -3.53. The number of hydrogen-bond donors (Lipinski definition) is 2. The van der Waals surface area contributed by atoms with Gasteiger partial charge in [0.2, 0.25) is 10.0 Å². The normalized spacial score (nSPS) is 23.8. The molecule has 0 amide bonds. The summed E-state index contributed by atoms with van der Waals surface area (Å²) in [5.74, 6) is 0. The van der Waals surface area contributed by atoms with Crippen molar-refractivity contribution in [1.82, 2.24) is 0 Å². The number of sulfonamides is 1. The van der Waals surface area contributed by atoms with E-state index in [1.807, 2.05) is 12.1 Å². The maximum atomic E-state index is 12.4. The van der Waals surface area contributed by atoms with Gasteiger partial charge in [0, 0.05) is 5.69 Å². The first kappa shape index (κ1) is 16.3. The quantitative estimate of drug-likeness (QED) is 0.901. The van der Waals surface area contributed by atoms with Gasteiger partial charge in [-0.1, -0.05) is 45.7 Å². The van der Waals surface area contributed by atoms with Crippen LogP contribution in [0.3, 0.4) is 0 Å². The van der Waals surface area contributed by atoms with E-state index in [-0.39, 0.29) is 5.41 Å². The Hall–Kier alpha value is -1.07. The molecule has 1 aromatic carbocycles. The van der Waals surface area contributed by atoms with Crippen LogP contribution in [0, 0.1) is 0 Å². The Balaban J connectivity index is 2.13. The summed E-state index contributed by atoms with van der Waals surface area (Å²) in [6.45, 7) is 6.35. The lowest BCUT2D eigenvalue weighted by Gasteiger charge is -2.27. The van der Waals surface area contributed by atoms with Crippen molar-refractivity contribution in [2.24, 2.45) is 0 Å². The molecule has 0 bridgehead atoms. The smallest absolute Gasteiger partial charge is 0.238 e. The Bertz CT molecular complexity index is 573.